The van der Waals surface area contributed by atoms with Gasteiger partial charge in [-0.3, -0.25) is 9.59 Å². The highest BCUT2D eigenvalue weighted by Gasteiger charge is 2.51. The number of carboxylic acids is 1. The number of carboxylic acid groups (broad SMARTS) is 1. The Morgan fingerprint density at radius 1 is 1.10 bits per heavy atom. The normalized spacial score (nSPS) is 29.8. The van der Waals surface area contributed by atoms with Gasteiger partial charge in [0.25, 0.3) is 0 Å². The molecule has 2 aliphatic rings. The number of ketones is 1. The molecule has 1 aromatic rings. The highest BCUT2D eigenvalue weighted by atomic mass is 35.5. The van der Waals surface area contributed by atoms with Gasteiger partial charge in [0.05, 0.1) is 16.0 Å². The van der Waals surface area contributed by atoms with Crippen LogP contribution in [-0.2, 0) is 16.0 Å². The third-order valence-electron chi connectivity index (χ3n) is 4.48. The van der Waals surface area contributed by atoms with Gasteiger partial charge in [-0.25, -0.2) is 0 Å². The van der Waals surface area contributed by atoms with E-state index in [4.69, 9.17) is 23.2 Å². The second-order valence-corrected chi connectivity index (χ2v) is 6.54. The van der Waals surface area contributed by atoms with Crippen LogP contribution in [0.25, 0.3) is 0 Å². The maximum Gasteiger partial charge on any atom is 0.307 e. The Balaban J connectivity index is 1.80. The standard InChI is InChI=1S/C16H14Cl2O3/c17-11-4-1-8(5-12(11)18)6-13(19)14-9-2-3-10(7-9)15(14)16(20)21/h1-5,9-10,14-15H,6-7H2,(H,20,21). The molecule has 0 amide bonds. The molecule has 1 saturated carbocycles. The average molecular weight is 325 g/mol. The van der Waals surface area contributed by atoms with Gasteiger partial charge < -0.3 is 5.11 Å². The number of carbonyl (C=O) groups is 2. The predicted molar refractivity (Wildman–Crippen MR) is 80.5 cm³/mol. The Kier molecular flexibility index (Phi) is 3.80. The van der Waals surface area contributed by atoms with E-state index in [1.807, 2.05) is 12.2 Å². The van der Waals surface area contributed by atoms with Crippen molar-refractivity contribution in [2.24, 2.45) is 23.7 Å². The van der Waals surface area contributed by atoms with Crippen molar-refractivity contribution in [3.8, 4) is 0 Å². The molecule has 21 heavy (non-hydrogen) atoms. The Labute approximate surface area is 132 Å². The van der Waals surface area contributed by atoms with Gasteiger partial charge in [-0.1, -0.05) is 41.4 Å². The number of Topliss-reactive ketones (excluding diaryl/α,β-unsaturated/α-hetero) is 1. The van der Waals surface area contributed by atoms with Gasteiger partial charge in [0, 0.05) is 12.3 Å². The molecular formula is C16H14Cl2O3. The number of benzene rings is 1. The van der Waals surface area contributed by atoms with E-state index in [0.717, 1.165) is 12.0 Å². The number of rotatable bonds is 4. The summed E-state index contributed by atoms with van der Waals surface area (Å²) in [6.45, 7) is 0. The van der Waals surface area contributed by atoms with E-state index < -0.39 is 17.8 Å². The van der Waals surface area contributed by atoms with E-state index >= 15 is 0 Å². The summed E-state index contributed by atoms with van der Waals surface area (Å²) in [6.07, 6.45) is 4.89. The van der Waals surface area contributed by atoms with Gasteiger partial charge in [0.1, 0.15) is 5.78 Å². The number of hydrogen-bond acceptors (Lipinski definition) is 2. The molecule has 110 valence electrons. The van der Waals surface area contributed by atoms with Gasteiger partial charge >= 0.3 is 5.97 Å². The molecule has 0 heterocycles. The van der Waals surface area contributed by atoms with Gasteiger partial charge in [-0.15, -0.1) is 0 Å². The minimum atomic E-state index is -0.876. The van der Waals surface area contributed by atoms with Gasteiger partial charge in [0.2, 0.25) is 0 Å². The molecule has 5 heteroatoms. The van der Waals surface area contributed by atoms with Crippen LogP contribution in [0.1, 0.15) is 12.0 Å². The van der Waals surface area contributed by atoms with Crippen LogP contribution in [0.2, 0.25) is 10.0 Å². The third-order valence-corrected chi connectivity index (χ3v) is 5.22. The summed E-state index contributed by atoms with van der Waals surface area (Å²) in [5.74, 6) is -1.86. The number of aliphatic carboxylic acids is 1. The van der Waals surface area contributed by atoms with Crippen molar-refractivity contribution in [2.45, 2.75) is 12.8 Å². The number of fused-ring (bicyclic) bond motifs is 2. The summed E-state index contributed by atoms with van der Waals surface area (Å²) in [4.78, 5) is 24.0. The first-order chi connectivity index (χ1) is 9.97. The van der Waals surface area contributed by atoms with Crippen LogP contribution in [0.5, 0.6) is 0 Å². The molecule has 1 N–H and O–H groups in total. The topological polar surface area (TPSA) is 54.4 Å². The SMILES string of the molecule is O=C(O)C1C2C=CC(C2)C1C(=O)Cc1ccc(Cl)c(Cl)c1. The second kappa shape index (κ2) is 5.47. The van der Waals surface area contributed by atoms with Gasteiger partial charge in [-0.05, 0) is 36.0 Å². The molecule has 0 spiro atoms. The predicted octanol–water partition coefficient (Wildman–Crippen LogP) is 3.63. The van der Waals surface area contributed by atoms with E-state index in [2.05, 4.69) is 0 Å². The zero-order chi connectivity index (χ0) is 15.1. The second-order valence-electron chi connectivity index (χ2n) is 5.73. The maximum absolute atomic E-state index is 12.5. The van der Waals surface area contributed by atoms with Crippen molar-refractivity contribution in [3.05, 3.63) is 46.0 Å². The lowest BCUT2D eigenvalue weighted by Gasteiger charge is -2.23. The smallest absolute Gasteiger partial charge is 0.307 e. The minimum absolute atomic E-state index is 0.00439. The summed E-state index contributed by atoms with van der Waals surface area (Å²) in [6, 6.07) is 5.08. The Bertz CT molecular complexity index is 638. The van der Waals surface area contributed by atoms with Crippen LogP contribution in [0.3, 0.4) is 0 Å². The van der Waals surface area contributed by atoms with Crippen molar-refractivity contribution in [3.63, 3.8) is 0 Å². The molecule has 3 rings (SSSR count). The molecule has 0 aliphatic heterocycles. The fourth-order valence-electron chi connectivity index (χ4n) is 3.57. The van der Waals surface area contributed by atoms with Crippen LogP contribution in [-0.4, -0.2) is 16.9 Å². The first kappa shape index (κ1) is 14.6. The molecule has 1 aromatic carbocycles. The zero-order valence-electron chi connectivity index (χ0n) is 11.1. The van der Waals surface area contributed by atoms with E-state index in [0.29, 0.717) is 10.0 Å². The van der Waals surface area contributed by atoms with Crippen LogP contribution in [0.15, 0.2) is 30.4 Å². The van der Waals surface area contributed by atoms with Gasteiger partial charge in [0.15, 0.2) is 0 Å². The maximum atomic E-state index is 12.5. The van der Waals surface area contributed by atoms with E-state index in [-0.39, 0.29) is 24.0 Å². The van der Waals surface area contributed by atoms with E-state index in [1.54, 1.807) is 18.2 Å². The molecule has 3 nitrogen and oxygen atoms in total. The summed E-state index contributed by atoms with van der Waals surface area (Å²) >= 11 is 11.8. The molecule has 2 bridgehead atoms. The third kappa shape index (κ3) is 2.60. The van der Waals surface area contributed by atoms with Gasteiger partial charge in [-0.2, -0.15) is 0 Å². The van der Waals surface area contributed by atoms with E-state index in [1.165, 1.54) is 0 Å². The minimum Gasteiger partial charge on any atom is -0.481 e. The Morgan fingerprint density at radius 3 is 2.38 bits per heavy atom. The van der Waals surface area contributed by atoms with Crippen molar-refractivity contribution >= 4 is 35.0 Å². The highest BCUT2D eigenvalue weighted by Crippen LogP contribution is 2.48. The summed E-state index contributed by atoms with van der Waals surface area (Å²) in [7, 11) is 0. The van der Waals surface area contributed by atoms with Crippen LogP contribution >= 0.6 is 23.2 Å². The van der Waals surface area contributed by atoms with Crippen molar-refractivity contribution in [1.29, 1.82) is 0 Å². The van der Waals surface area contributed by atoms with Crippen molar-refractivity contribution < 1.29 is 14.7 Å². The first-order valence-corrected chi connectivity index (χ1v) is 7.60. The molecule has 1 fully saturated rings. The van der Waals surface area contributed by atoms with Crippen molar-refractivity contribution in [2.75, 3.05) is 0 Å². The molecule has 2 aliphatic carbocycles. The lowest BCUT2D eigenvalue weighted by molar-refractivity contribution is -0.147. The summed E-state index contributed by atoms with van der Waals surface area (Å²) < 4.78 is 0. The molecule has 4 atom stereocenters. The lowest BCUT2D eigenvalue weighted by Crippen LogP contribution is -2.33. The molecular weight excluding hydrogens is 311 g/mol. The molecule has 0 radical (unpaired) electrons. The molecule has 0 saturated heterocycles. The quantitative estimate of drug-likeness (QED) is 0.860. The van der Waals surface area contributed by atoms with Crippen molar-refractivity contribution in [1.82, 2.24) is 0 Å². The van der Waals surface area contributed by atoms with Crippen LogP contribution in [0, 0.1) is 23.7 Å². The van der Waals surface area contributed by atoms with Crippen LogP contribution < -0.4 is 0 Å². The number of carbonyl (C=O) groups excluding carboxylic acids is 1. The Hall–Kier alpha value is -1.32. The monoisotopic (exact) mass is 324 g/mol. The fraction of sp³-hybridized carbons (Fsp3) is 0.375. The molecule has 0 aromatic heterocycles. The first-order valence-electron chi connectivity index (χ1n) is 6.85. The highest BCUT2D eigenvalue weighted by molar-refractivity contribution is 6.42. The zero-order valence-corrected chi connectivity index (χ0v) is 12.6. The molecule has 4 unspecified atom stereocenters. The van der Waals surface area contributed by atoms with Crippen LogP contribution in [0.4, 0.5) is 0 Å². The summed E-state index contributed by atoms with van der Waals surface area (Å²) in [5, 5.41) is 10.2. The number of halogens is 2. The summed E-state index contributed by atoms with van der Waals surface area (Å²) in [5.41, 5.74) is 0.769. The number of hydrogen-bond donors (Lipinski definition) is 1. The largest absolute Gasteiger partial charge is 0.481 e. The Morgan fingerprint density at radius 2 is 1.76 bits per heavy atom. The average Bonchev–Trinajstić information content (AvgIpc) is 3.03. The lowest BCUT2D eigenvalue weighted by atomic mass is 9.79. The van der Waals surface area contributed by atoms with E-state index in [9.17, 15) is 14.7 Å². The number of allylic oxidation sites excluding steroid dienone is 2. The fourth-order valence-corrected chi connectivity index (χ4v) is 3.89.